The Morgan fingerprint density at radius 2 is 1.71 bits per heavy atom. The molecule has 0 aromatic rings. The molecular formula is C11H22N2O7S. The van der Waals surface area contributed by atoms with Crippen LogP contribution in [0.3, 0.4) is 0 Å². The molecule has 21 heavy (non-hydrogen) atoms. The van der Waals surface area contributed by atoms with E-state index in [0.717, 1.165) is 6.26 Å². The number of rotatable bonds is 6. The lowest BCUT2D eigenvalue weighted by atomic mass is 10.2. The summed E-state index contributed by atoms with van der Waals surface area (Å²) in [4.78, 5) is 27.9. The molecule has 0 unspecified atom stereocenters. The predicted octanol–water partition coefficient (Wildman–Crippen LogP) is -0.0780. The highest BCUT2D eigenvalue weighted by molar-refractivity contribution is 7.86. The molecule has 2 N–H and O–H groups in total. The number of hydroxylamine groups is 1. The fourth-order valence-corrected chi connectivity index (χ4v) is 1.99. The van der Waals surface area contributed by atoms with Crippen molar-refractivity contribution in [2.75, 3.05) is 13.4 Å². The lowest BCUT2D eigenvalue weighted by Gasteiger charge is -2.25. The Bertz CT molecular complexity index is 469. The van der Waals surface area contributed by atoms with E-state index in [4.69, 9.17) is 4.74 Å². The number of alkyl carbamates (subject to hydrolysis) is 1. The average Bonchev–Trinajstić information content (AvgIpc) is 2.20. The maximum absolute atomic E-state index is 11.8. The lowest BCUT2D eigenvalue weighted by Crippen LogP contribution is -2.54. The van der Waals surface area contributed by atoms with E-state index in [9.17, 15) is 18.0 Å². The van der Waals surface area contributed by atoms with Crippen molar-refractivity contribution in [2.45, 2.75) is 45.4 Å². The number of amides is 2. The van der Waals surface area contributed by atoms with Crippen LogP contribution in [0, 0.1) is 0 Å². The number of nitrogens with one attached hydrogen (secondary N) is 2. The Kier molecular flexibility index (Phi) is 7.07. The van der Waals surface area contributed by atoms with Crippen molar-refractivity contribution < 1.29 is 31.8 Å². The Hall–Kier alpha value is -1.39. The fourth-order valence-electron chi connectivity index (χ4n) is 1.33. The molecule has 124 valence electrons. The summed E-state index contributed by atoms with van der Waals surface area (Å²) in [5.41, 5.74) is 1.23. The molecule has 0 saturated heterocycles. The quantitative estimate of drug-likeness (QED) is 0.517. The second kappa shape index (κ2) is 7.57. The fraction of sp³-hybridized carbons (Fsp3) is 0.818. The van der Waals surface area contributed by atoms with Gasteiger partial charge in [0.15, 0.2) is 0 Å². The Morgan fingerprint density at radius 1 is 1.19 bits per heavy atom. The standard InChI is InChI=1S/C11H22N2O7S/c1-7(20-21(6,16)17)8(9(14)13-18-5)12-10(15)19-11(2,3)4/h7-8H,1-6H3,(H,12,15)(H,13,14)/t7-,8+/m0/s1. The van der Waals surface area contributed by atoms with Crippen LogP contribution in [0.1, 0.15) is 27.7 Å². The van der Waals surface area contributed by atoms with E-state index in [1.165, 1.54) is 14.0 Å². The SMILES string of the molecule is CONC(=O)[C@H](NC(=O)OC(C)(C)C)[C@H](C)OS(C)(=O)=O. The smallest absolute Gasteiger partial charge is 0.408 e. The van der Waals surface area contributed by atoms with Crippen LogP contribution >= 0.6 is 0 Å². The number of hydrogen-bond acceptors (Lipinski definition) is 7. The van der Waals surface area contributed by atoms with E-state index in [0.29, 0.717) is 0 Å². The number of ether oxygens (including phenoxy) is 1. The molecule has 0 heterocycles. The third-order valence-electron chi connectivity index (χ3n) is 1.95. The Labute approximate surface area is 124 Å². The van der Waals surface area contributed by atoms with Crippen LogP contribution in [-0.4, -0.2) is 51.5 Å². The Balaban J connectivity index is 4.98. The number of carbonyl (C=O) groups excluding carboxylic acids is 2. The summed E-state index contributed by atoms with van der Waals surface area (Å²) in [6, 6.07) is -1.31. The topological polar surface area (TPSA) is 120 Å². The normalized spacial score (nSPS) is 15.0. The molecule has 0 rings (SSSR count). The molecule has 0 aliphatic rings. The number of hydrogen-bond donors (Lipinski definition) is 2. The van der Waals surface area contributed by atoms with Gasteiger partial charge in [-0.1, -0.05) is 0 Å². The highest BCUT2D eigenvalue weighted by Gasteiger charge is 2.31. The zero-order chi connectivity index (χ0) is 16.8. The van der Waals surface area contributed by atoms with E-state index in [1.807, 2.05) is 5.48 Å². The molecule has 0 spiro atoms. The summed E-state index contributed by atoms with van der Waals surface area (Å²) < 4.78 is 31.9. The molecule has 0 aliphatic heterocycles. The molecule has 0 saturated carbocycles. The van der Waals surface area contributed by atoms with E-state index >= 15 is 0 Å². The summed E-state index contributed by atoms with van der Waals surface area (Å²) in [5.74, 6) is -0.778. The molecule has 10 heteroatoms. The molecule has 0 radical (unpaired) electrons. The minimum absolute atomic E-state index is 0.771. The summed E-state index contributed by atoms with van der Waals surface area (Å²) in [5, 5.41) is 2.24. The van der Waals surface area contributed by atoms with Crippen LogP contribution in [0.5, 0.6) is 0 Å². The van der Waals surface area contributed by atoms with Crippen LogP contribution in [0.2, 0.25) is 0 Å². The maximum atomic E-state index is 11.8. The van der Waals surface area contributed by atoms with E-state index in [-0.39, 0.29) is 0 Å². The van der Waals surface area contributed by atoms with Crippen LogP contribution in [0.15, 0.2) is 0 Å². The van der Waals surface area contributed by atoms with Gasteiger partial charge in [-0.3, -0.25) is 13.8 Å². The van der Waals surface area contributed by atoms with Gasteiger partial charge in [-0.2, -0.15) is 8.42 Å². The molecule has 0 aromatic heterocycles. The van der Waals surface area contributed by atoms with Gasteiger partial charge in [-0.05, 0) is 27.7 Å². The van der Waals surface area contributed by atoms with Crippen molar-refractivity contribution in [3.63, 3.8) is 0 Å². The maximum Gasteiger partial charge on any atom is 0.408 e. The second-order valence-corrected chi connectivity index (χ2v) is 6.90. The minimum Gasteiger partial charge on any atom is -0.444 e. The van der Waals surface area contributed by atoms with Gasteiger partial charge in [0.05, 0.1) is 13.4 Å². The van der Waals surface area contributed by atoms with Crippen molar-refractivity contribution >= 4 is 22.1 Å². The van der Waals surface area contributed by atoms with Gasteiger partial charge >= 0.3 is 6.09 Å². The third kappa shape index (κ3) is 9.21. The third-order valence-corrected chi connectivity index (χ3v) is 2.61. The molecule has 2 atom stereocenters. The first-order valence-electron chi connectivity index (χ1n) is 6.06. The van der Waals surface area contributed by atoms with Gasteiger partial charge in [0.2, 0.25) is 0 Å². The first kappa shape index (κ1) is 19.6. The molecule has 0 aromatic carbocycles. The van der Waals surface area contributed by atoms with E-state index < -0.39 is 39.9 Å². The van der Waals surface area contributed by atoms with Crippen molar-refractivity contribution in [3.05, 3.63) is 0 Å². The van der Waals surface area contributed by atoms with Crippen LogP contribution in [-0.2, 0) is 28.7 Å². The van der Waals surface area contributed by atoms with Crippen LogP contribution in [0.4, 0.5) is 4.79 Å². The van der Waals surface area contributed by atoms with Gasteiger partial charge in [0, 0.05) is 0 Å². The summed E-state index contributed by atoms with van der Waals surface area (Å²) >= 11 is 0. The first-order valence-corrected chi connectivity index (χ1v) is 7.88. The van der Waals surface area contributed by atoms with Crippen molar-refractivity contribution in [2.24, 2.45) is 0 Å². The van der Waals surface area contributed by atoms with Crippen LogP contribution in [0.25, 0.3) is 0 Å². The van der Waals surface area contributed by atoms with Gasteiger partial charge in [-0.25, -0.2) is 10.3 Å². The van der Waals surface area contributed by atoms with Gasteiger partial charge in [0.1, 0.15) is 17.7 Å². The van der Waals surface area contributed by atoms with E-state index in [2.05, 4.69) is 14.3 Å². The second-order valence-electron chi connectivity index (χ2n) is 5.30. The molecule has 0 bridgehead atoms. The summed E-state index contributed by atoms with van der Waals surface area (Å²) in [7, 11) is -2.60. The number of carbonyl (C=O) groups is 2. The lowest BCUT2D eigenvalue weighted by molar-refractivity contribution is -0.135. The monoisotopic (exact) mass is 326 g/mol. The summed E-state index contributed by atoms with van der Waals surface area (Å²) in [6.45, 7) is 6.26. The predicted molar refractivity (Wildman–Crippen MR) is 73.7 cm³/mol. The van der Waals surface area contributed by atoms with Crippen molar-refractivity contribution in [3.8, 4) is 0 Å². The van der Waals surface area contributed by atoms with Gasteiger partial charge in [-0.15, -0.1) is 0 Å². The minimum atomic E-state index is -3.80. The average molecular weight is 326 g/mol. The molecular weight excluding hydrogens is 304 g/mol. The largest absolute Gasteiger partial charge is 0.444 e. The van der Waals surface area contributed by atoms with E-state index in [1.54, 1.807) is 20.8 Å². The molecule has 0 fully saturated rings. The highest BCUT2D eigenvalue weighted by atomic mass is 32.2. The molecule has 2 amide bonds. The zero-order valence-electron chi connectivity index (χ0n) is 12.9. The van der Waals surface area contributed by atoms with Crippen molar-refractivity contribution in [1.82, 2.24) is 10.8 Å². The molecule has 0 aliphatic carbocycles. The highest BCUT2D eigenvalue weighted by Crippen LogP contribution is 2.09. The van der Waals surface area contributed by atoms with Crippen LogP contribution < -0.4 is 10.8 Å². The Morgan fingerprint density at radius 3 is 2.10 bits per heavy atom. The van der Waals surface area contributed by atoms with Crippen molar-refractivity contribution in [1.29, 1.82) is 0 Å². The zero-order valence-corrected chi connectivity index (χ0v) is 13.7. The van der Waals surface area contributed by atoms with Gasteiger partial charge < -0.3 is 10.1 Å². The molecule has 9 nitrogen and oxygen atoms in total. The first-order chi connectivity index (χ1) is 9.35. The van der Waals surface area contributed by atoms with Gasteiger partial charge in [0.25, 0.3) is 16.0 Å². The summed E-state index contributed by atoms with van der Waals surface area (Å²) in [6.07, 6.45) is -1.20.